The number of rotatable bonds is 4. The predicted molar refractivity (Wildman–Crippen MR) is 56.6 cm³/mol. The summed E-state index contributed by atoms with van der Waals surface area (Å²) in [6.07, 6.45) is -6.37. The lowest BCUT2D eigenvalue weighted by Crippen LogP contribution is -2.36. The quantitative estimate of drug-likeness (QED) is 0.829. The largest absolute Gasteiger partial charge is 0.530 e. The average Bonchev–Trinajstić information content (AvgIpc) is 2.32. The first-order chi connectivity index (χ1) is 8.79. The molecule has 0 unspecified atom stereocenters. The highest BCUT2D eigenvalue weighted by Crippen LogP contribution is 2.14. The van der Waals surface area contributed by atoms with Crippen LogP contribution in [0.2, 0.25) is 0 Å². The first-order valence-electron chi connectivity index (χ1n) is 5.16. The van der Waals surface area contributed by atoms with Gasteiger partial charge in [-0.3, -0.25) is 4.79 Å². The molecule has 0 heterocycles. The predicted octanol–water partition coefficient (Wildman–Crippen LogP) is 0.298. The Balaban J connectivity index is 2.57. The maximum atomic E-state index is 11.9. The van der Waals surface area contributed by atoms with Crippen molar-refractivity contribution < 1.29 is 27.9 Å². The van der Waals surface area contributed by atoms with E-state index in [4.69, 9.17) is 0 Å². The Kier molecular flexibility index (Phi) is 4.74. The van der Waals surface area contributed by atoms with Gasteiger partial charge in [0.05, 0.1) is 0 Å². The Hall–Kier alpha value is -2.25. The lowest BCUT2D eigenvalue weighted by molar-refractivity contribution is -0.251. The van der Waals surface area contributed by atoms with Crippen molar-refractivity contribution >= 4 is 12.0 Å². The number of alkyl halides is 3. The van der Waals surface area contributed by atoms with E-state index in [2.05, 4.69) is 0 Å². The molecular weight excluding hydrogens is 265 g/mol. The zero-order valence-electron chi connectivity index (χ0n) is 9.58. The van der Waals surface area contributed by atoms with Crippen LogP contribution < -0.4 is 15.7 Å². The van der Waals surface area contributed by atoms with Crippen molar-refractivity contribution in [2.24, 2.45) is 0 Å². The average molecular weight is 275 g/mol. The van der Waals surface area contributed by atoms with Crippen LogP contribution in [0.25, 0.3) is 0 Å². The van der Waals surface area contributed by atoms with Gasteiger partial charge in [0.2, 0.25) is 0 Å². The van der Waals surface area contributed by atoms with E-state index in [-0.39, 0.29) is 13.1 Å². The van der Waals surface area contributed by atoms with Gasteiger partial charge in [0.25, 0.3) is 0 Å². The van der Waals surface area contributed by atoms with Crippen LogP contribution in [0.4, 0.5) is 18.0 Å². The highest BCUT2D eigenvalue weighted by molar-refractivity contribution is 5.81. The molecule has 8 heteroatoms. The van der Waals surface area contributed by atoms with E-state index in [1.807, 2.05) is 5.32 Å². The number of carbonyl (C=O) groups excluding carboxylic acids is 2. The Morgan fingerprint density at radius 1 is 1.11 bits per heavy atom. The number of hydrogen-bond acceptors (Lipinski definition) is 3. The molecule has 0 aliphatic rings. The second-order valence-corrected chi connectivity index (χ2v) is 3.64. The molecule has 0 aromatic heterocycles. The third kappa shape index (κ3) is 5.28. The Bertz CT molecular complexity index is 474. The summed E-state index contributed by atoms with van der Waals surface area (Å²) in [5.74, 6) is -2.02. The van der Waals surface area contributed by atoms with E-state index in [1.165, 1.54) is 12.1 Å². The number of amides is 2. The van der Waals surface area contributed by atoms with E-state index in [0.29, 0.717) is 11.1 Å². The number of benzene rings is 1. The minimum atomic E-state index is -4.92. The SMILES string of the molecule is O=C([O-])NCc1cccc(CNC(=O)C(F)(F)F)c1. The van der Waals surface area contributed by atoms with Gasteiger partial charge in [-0.1, -0.05) is 24.3 Å². The van der Waals surface area contributed by atoms with Gasteiger partial charge in [-0.15, -0.1) is 0 Å². The Labute approximate surface area is 106 Å². The van der Waals surface area contributed by atoms with E-state index >= 15 is 0 Å². The fraction of sp³-hybridized carbons (Fsp3) is 0.273. The summed E-state index contributed by atoms with van der Waals surface area (Å²) in [4.78, 5) is 20.8. The van der Waals surface area contributed by atoms with Crippen molar-refractivity contribution in [2.75, 3.05) is 0 Å². The van der Waals surface area contributed by atoms with Gasteiger partial charge in [0.15, 0.2) is 0 Å². The summed E-state index contributed by atoms with van der Waals surface area (Å²) in [6, 6.07) is 6.12. The molecular formula is C11H10F3N2O3-. The first kappa shape index (κ1) is 14.8. The Morgan fingerprint density at radius 2 is 1.63 bits per heavy atom. The zero-order chi connectivity index (χ0) is 14.5. The molecule has 2 amide bonds. The summed E-state index contributed by atoms with van der Waals surface area (Å²) in [5.41, 5.74) is 0.971. The van der Waals surface area contributed by atoms with Crippen LogP contribution >= 0.6 is 0 Å². The first-order valence-corrected chi connectivity index (χ1v) is 5.16. The summed E-state index contributed by atoms with van der Waals surface area (Å²) in [6.45, 7) is -0.319. The van der Waals surface area contributed by atoms with Crippen molar-refractivity contribution in [3.63, 3.8) is 0 Å². The van der Waals surface area contributed by atoms with Crippen molar-refractivity contribution in [1.82, 2.24) is 10.6 Å². The number of halogens is 3. The van der Waals surface area contributed by atoms with E-state index in [1.54, 1.807) is 17.4 Å². The zero-order valence-corrected chi connectivity index (χ0v) is 9.58. The molecule has 0 atom stereocenters. The van der Waals surface area contributed by atoms with E-state index in [0.717, 1.165) is 0 Å². The second kappa shape index (κ2) is 6.07. The van der Waals surface area contributed by atoms with Gasteiger partial charge >= 0.3 is 12.1 Å². The molecule has 0 radical (unpaired) electrons. The maximum Gasteiger partial charge on any atom is 0.471 e. The number of nitrogens with one attached hydrogen (secondary N) is 2. The van der Waals surface area contributed by atoms with Gasteiger partial charge in [-0.25, -0.2) is 0 Å². The van der Waals surface area contributed by atoms with Crippen LogP contribution in [-0.2, 0) is 17.9 Å². The fourth-order valence-corrected chi connectivity index (χ4v) is 1.31. The molecule has 5 nitrogen and oxygen atoms in total. The van der Waals surface area contributed by atoms with Crippen LogP contribution in [0.1, 0.15) is 11.1 Å². The van der Waals surface area contributed by atoms with Gasteiger partial charge in [0, 0.05) is 13.1 Å². The molecule has 0 fully saturated rings. The van der Waals surface area contributed by atoms with Gasteiger partial charge in [0.1, 0.15) is 6.09 Å². The Morgan fingerprint density at radius 3 is 2.11 bits per heavy atom. The molecule has 104 valence electrons. The van der Waals surface area contributed by atoms with Gasteiger partial charge in [-0.2, -0.15) is 13.2 Å². The van der Waals surface area contributed by atoms with Crippen LogP contribution in [0.15, 0.2) is 24.3 Å². The number of carboxylic acid groups (broad SMARTS) is 1. The molecule has 1 rings (SSSR count). The van der Waals surface area contributed by atoms with Gasteiger partial charge < -0.3 is 20.5 Å². The third-order valence-corrected chi connectivity index (χ3v) is 2.14. The van der Waals surface area contributed by atoms with Gasteiger partial charge in [-0.05, 0) is 11.1 Å². The van der Waals surface area contributed by atoms with E-state index in [9.17, 15) is 27.9 Å². The molecule has 0 saturated carbocycles. The molecule has 2 N–H and O–H groups in total. The minimum absolute atomic E-state index is 0.0244. The minimum Gasteiger partial charge on any atom is -0.530 e. The molecule has 0 aliphatic carbocycles. The third-order valence-electron chi connectivity index (χ3n) is 2.14. The molecule has 0 bridgehead atoms. The molecule has 0 aliphatic heterocycles. The molecule has 0 spiro atoms. The molecule has 0 saturated heterocycles. The maximum absolute atomic E-state index is 11.9. The number of carbonyl (C=O) groups is 2. The highest BCUT2D eigenvalue weighted by Gasteiger charge is 2.38. The topological polar surface area (TPSA) is 81.3 Å². The fourth-order valence-electron chi connectivity index (χ4n) is 1.31. The summed E-state index contributed by atoms with van der Waals surface area (Å²) < 4.78 is 35.8. The normalized spacial score (nSPS) is 10.9. The smallest absolute Gasteiger partial charge is 0.471 e. The van der Waals surface area contributed by atoms with Crippen molar-refractivity contribution in [3.8, 4) is 0 Å². The summed E-state index contributed by atoms with van der Waals surface area (Å²) >= 11 is 0. The number of hydrogen-bond donors (Lipinski definition) is 2. The summed E-state index contributed by atoms with van der Waals surface area (Å²) in [7, 11) is 0. The lowest BCUT2D eigenvalue weighted by Gasteiger charge is -2.10. The molecule has 19 heavy (non-hydrogen) atoms. The van der Waals surface area contributed by atoms with E-state index < -0.39 is 18.2 Å². The standard InChI is InChI=1S/C11H11F3N2O3/c12-11(13,14)9(17)15-5-7-2-1-3-8(4-7)6-16-10(18)19/h1-4,16H,5-6H2,(H,15,17)(H,18,19)/p-1. The van der Waals surface area contributed by atoms with Crippen LogP contribution in [0.3, 0.4) is 0 Å². The van der Waals surface area contributed by atoms with Crippen molar-refractivity contribution in [2.45, 2.75) is 19.3 Å². The molecule has 1 aromatic carbocycles. The highest BCUT2D eigenvalue weighted by atomic mass is 19.4. The van der Waals surface area contributed by atoms with Crippen molar-refractivity contribution in [3.05, 3.63) is 35.4 Å². The van der Waals surface area contributed by atoms with Crippen LogP contribution in [-0.4, -0.2) is 18.2 Å². The monoisotopic (exact) mass is 275 g/mol. The second-order valence-electron chi connectivity index (χ2n) is 3.64. The van der Waals surface area contributed by atoms with Crippen LogP contribution in [0.5, 0.6) is 0 Å². The lowest BCUT2D eigenvalue weighted by atomic mass is 10.1. The van der Waals surface area contributed by atoms with Crippen molar-refractivity contribution in [1.29, 1.82) is 0 Å². The van der Waals surface area contributed by atoms with Crippen LogP contribution in [0, 0.1) is 0 Å². The summed E-state index contributed by atoms with van der Waals surface area (Å²) in [5, 5.41) is 13.9. The molecule has 1 aromatic rings.